The van der Waals surface area contributed by atoms with Gasteiger partial charge in [0, 0.05) is 37.6 Å². The number of ether oxygens (including phenoxy) is 1. The van der Waals surface area contributed by atoms with E-state index in [9.17, 15) is 9.59 Å². The van der Waals surface area contributed by atoms with Crippen molar-refractivity contribution < 1.29 is 14.3 Å². The van der Waals surface area contributed by atoms with Crippen molar-refractivity contribution in [2.45, 2.75) is 37.7 Å². The third kappa shape index (κ3) is 4.32. The van der Waals surface area contributed by atoms with Gasteiger partial charge >= 0.3 is 0 Å². The summed E-state index contributed by atoms with van der Waals surface area (Å²) in [5, 5.41) is 0. The number of benzene rings is 1. The zero-order valence-corrected chi connectivity index (χ0v) is 16.6. The number of hydrogen-bond donors (Lipinski definition) is 0. The van der Waals surface area contributed by atoms with Gasteiger partial charge in [-0.25, -0.2) is 0 Å². The Balaban J connectivity index is 1.47. The molecule has 0 N–H and O–H groups in total. The molecule has 0 radical (unpaired) electrons. The smallest absolute Gasteiger partial charge is 0.261 e. The first-order chi connectivity index (χ1) is 14.2. The van der Waals surface area contributed by atoms with Gasteiger partial charge in [0.15, 0.2) is 5.60 Å². The number of amides is 2. The predicted octanol–water partition coefficient (Wildman–Crippen LogP) is 2.83. The first-order valence-corrected chi connectivity index (χ1v) is 10.4. The Morgan fingerprint density at radius 1 is 1.07 bits per heavy atom. The SMILES string of the molecule is O=C(CCc1ccncc1)N1CCOC2(CCCCN(c3ccccc3)C2=O)C1. The van der Waals surface area contributed by atoms with Crippen molar-refractivity contribution in [3.05, 3.63) is 60.4 Å². The van der Waals surface area contributed by atoms with Crippen LogP contribution in [0.15, 0.2) is 54.9 Å². The molecule has 1 spiro atoms. The summed E-state index contributed by atoms with van der Waals surface area (Å²) >= 11 is 0. The zero-order valence-electron chi connectivity index (χ0n) is 16.6. The first kappa shape index (κ1) is 19.6. The van der Waals surface area contributed by atoms with Crippen LogP contribution in [0.3, 0.4) is 0 Å². The van der Waals surface area contributed by atoms with Gasteiger partial charge in [-0.05, 0) is 55.5 Å². The number of pyridine rings is 1. The molecule has 2 aromatic rings. The maximum atomic E-state index is 13.5. The van der Waals surface area contributed by atoms with E-state index >= 15 is 0 Å². The lowest BCUT2D eigenvalue weighted by Gasteiger charge is -2.42. The molecule has 0 aliphatic carbocycles. The molecule has 0 saturated carbocycles. The monoisotopic (exact) mass is 393 g/mol. The molecule has 1 aromatic carbocycles. The van der Waals surface area contributed by atoms with E-state index in [0.717, 1.165) is 24.1 Å². The van der Waals surface area contributed by atoms with Crippen LogP contribution >= 0.6 is 0 Å². The Kier molecular flexibility index (Phi) is 5.90. The molecule has 6 heteroatoms. The molecule has 2 amide bonds. The van der Waals surface area contributed by atoms with Crippen molar-refractivity contribution in [1.29, 1.82) is 0 Å². The number of aryl methyl sites for hydroxylation is 1. The Labute approximate surface area is 171 Å². The third-order valence-corrected chi connectivity index (χ3v) is 5.83. The second-order valence-corrected chi connectivity index (χ2v) is 7.76. The zero-order chi connectivity index (χ0) is 20.1. The molecule has 1 aromatic heterocycles. The van der Waals surface area contributed by atoms with Gasteiger partial charge in [-0.1, -0.05) is 18.2 Å². The highest BCUT2D eigenvalue weighted by atomic mass is 16.5. The van der Waals surface area contributed by atoms with Crippen LogP contribution in [-0.2, 0) is 20.7 Å². The van der Waals surface area contributed by atoms with Crippen LogP contribution in [-0.4, -0.2) is 53.5 Å². The average Bonchev–Trinajstić information content (AvgIpc) is 2.93. The average molecular weight is 393 g/mol. The topological polar surface area (TPSA) is 62.7 Å². The van der Waals surface area contributed by atoms with Gasteiger partial charge < -0.3 is 14.5 Å². The van der Waals surface area contributed by atoms with Crippen LogP contribution in [0.1, 0.15) is 31.2 Å². The fraction of sp³-hybridized carbons (Fsp3) is 0.435. The van der Waals surface area contributed by atoms with Crippen molar-refractivity contribution >= 4 is 17.5 Å². The van der Waals surface area contributed by atoms with Crippen LogP contribution in [0.2, 0.25) is 0 Å². The molecular formula is C23H27N3O3. The van der Waals surface area contributed by atoms with Crippen molar-refractivity contribution in [2.24, 2.45) is 0 Å². The van der Waals surface area contributed by atoms with Crippen LogP contribution < -0.4 is 4.90 Å². The molecule has 3 heterocycles. The number of hydrogen-bond acceptors (Lipinski definition) is 4. The molecule has 2 aliphatic heterocycles. The lowest BCUT2D eigenvalue weighted by Crippen LogP contribution is -2.61. The molecule has 2 aliphatic rings. The summed E-state index contributed by atoms with van der Waals surface area (Å²) < 4.78 is 6.10. The highest BCUT2D eigenvalue weighted by molar-refractivity contribution is 6.00. The first-order valence-electron chi connectivity index (χ1n) is 10.4. The van der Waals surface area contributed by atoms with Crippen LogP contribution in [0, 0.1) is 0 Å². The summed E-state index contributed by atoms with van der Waals surface area (Å²) in [5.74, 6) is 0.0561. The van der Waals surface area contributed by atoms with Gasteiger partial charge in [-0.3, -0.25) is 14.6 Å². The molecule has 29 heavy (non-hydrogen) atoms. The van der Waals surface area contributed by atoms with Crippen LogP contribution in [0.5, 0.6) is 0 Å². The van der Waals surface area contributed by atoms with Crippen molar-refractivity contribution in [3.8, 4) is 0 Å². The fourth-order valence-electron chi connectivity index (χ4n) is 4.23. The molecule has 0 bridgehead atoms. The van der Waals surface area contributed by atoms with Crippen molar-refractivity contribution in [1.82, 2.24) is 9.88 Å². The summed E-state index contributed by atoms with van der Waals surface area (Å²) in [7, 11) is 0. The Hall–Kier alpha value is -2.73. The van der Waals surface area contributed by atoms with Gasteiger partial charge in [0.1, 0.15) is 0 Å². The minimum absolute atomic E-state index is 0.0205. The minimum Gasteiger partial charge on any atom is -0.361 e. The molecule has 1 unspecified atom stereocenters. The number of aromatic nitrogens is 1. The molecule has 6 nitrogen and oxygen atoms in total. The maximum Gasteiger partial charge on any atom is 0.261 e. The Morgan fingerprint density at radius 2 is 1.86 bits per heavy atom. The number of para-hydroxylation sites is 1. The standard InChI is InChI=1S/C23H27N3O3/c27-21(9-8-19-10-13-24-14-11-19)25-16-17-29-23(18-25)12-4-5-15-26(22(23)28)20-6-2-1-3-7-20/h1-3,6-7,10-11,13-14H,4-5,8-9,12,15-18H2. The van der Waals surface area contributed by atoms with E-state index in [1.54, 1.807) is 12.4 Å². The highest BCUT2D eigenvalue weighted by Gasteiger charge is 2.47. The summed E-state index contributed by atoms with van der Waals surface area (Å²) in [6, 6.07) is 13.6. The summed E-state index contributed by atoms with van der Waals surface area (Å²) in [6.45, 7) is 1.96. The molecule has 152 valence electrons. The lowest BCUT2D eigenvalue weighted by molar-refractivity contribution is -0.164. The molecule has 1 atom stereocenters. The van der Waals surface area contributed by atoms with E-state index in [-0.39, 0.29) is 11.8 Å². The fourth-order valence-corrected chi connectivity index (χ4v) is 4.23. The van der Waals surface area contributed by atoms with Crippen LogP contribution in [0.25, 0.3) is 0 Å². The second-order valence-electron chi connectivity index (χ2n) is 7.76. The van der Waals surface area contributed by atoms with E-state index in [1.165, 1.54) is 0 Å². The second kappa shape index (κ2) is 8.74. The minimum atomic E-state index is -0.934. The molecule has 2 fully saturated rings. The third-order valence-electron chi connectivity index (χ3n) is 5.83. The highest BCUT2D eigenvalue weighted by Crippen LogP contribution is 2.32. The summed E-state index contributed by atoms with van der Waals surface area (Å²) in [6.07, 6.45) is 7.09. The van der Waals surface area contributed by atoms with E-state index in [2.05, 4.69) is 4.98 Å². The quantitative estimate of drug-likeness (QED) is 0.801. The van der Waals surface area contributed by atoms with Crippen molar-refractivity contribution in [2.75, 3.05) is 31.1 Å². The van der Waals surface area contributed by atoms with E-state index in [1.807, 2.05) is 52.3 Å². The van der Waals surface area contributed by atoms with Gasteiger partial charge in [0.2, 0.25) is 5.91 Å². The van der Waals surface area contributed by atoms with E-state index in [4.69, 9.17) is 4.74 Å². The lowest BCUT2D eigenvalue weighted by atomic mass is 9.93. The van der Waals surface area contributed by atoms with Gasteiger partial charge in [0.05, 0.1) is 13.2 Å². The number of anilines is 1. The Morgan fingerprint density at radius 3 is 2.66 bits per heavy atom. The van der Waals surface area contributed by atoms with Gasteiger partial charge in [-0.2, -0.15) is 0 Å². The molecule has 2 saturated heterocycles. The normalized spacial score (nSPS) is 22.6. The number of morpholine rings is 1. The summed E-state index contributed by atoms with van der Waals surface area (Å²) in [5.41, 5.74) is 1.05. The molecular weight excluding hydrogens is 366 g/mol. The number of carbonyl (C=O) groups is 2. The number of carbonyl (C=O) groups excluding carboxylic acids is 2. The maximum absolute atomic E-state index is 13.5. The van der Waals surface area contributed by atoms with E-state index < -0.39 is 5.60 Å². The largest absolute Gasteiger partial charge is 0.361 e. The van der Waals surface area contributed by atoms with Crippen molar-refractivity contribution in [3.63, 3.8) is 0 Å². The van der Waals surface area contributed by atoms with Crippen LogP contribution in [0.4, 0.5) is 5.69 Å². The van der Waals surface area contributed by atoms with E-state index in [0.29, 0.717) is 45.5 Å². The number of rotatable bonds is 4. The number of nitrogens with zero attached hydrogens (tertiary/aromatic N) is 3. The van der Waals surface area contributed by atoms with Gasteiger partial charge in [0.25, 0.3) is 5.91 Å². The molecule has 4 rings (SSSR count). The predicted molar refractivity (Wildman–Crippen MR) is 110 cm³/mol. The van der Waals surface area contributed by atoms with Gasteiger partial charge in [-0.15, -0.1) is 0 Å². The summed E-state index contributed by atoms with van der Waals surface area (Å²) in [4.78, 5) is 34.1. The Bertz CT molecular complexity index is 843.